The number of rotatable bonds is 14. The number of unbranched alkanes of at least 4 members (excludes halogenated alkanes) is 8. The minimum atomic E-state index is -0.365. The van der Waals surface area contributed by atoms with Crippen LogP contribution in [0.15, 0.2) is 0 Å². The second-order valence-corrected chi connectivity index (χ2v) is 9.06. The second-order valence-electron chi connectivity index (χ2n) is 9.06. The van der Waals surface area contributed by atoms with Crippen molar-refractivity contribution in [2.75, 3.05) is 13.2 Å². The van der Waals surface area contributed by atoms with Gasteiger partial charge >= 0.3 is 11.9 Å². The third kappa shape index (κ3) is 10.00. The van der Waals surface area contributed by atoms with Gasteiger partial charge in [-0.05, 0) is 31.1 Å². The van der Waals surface area contributed by atoms with E-state index in [9.17, 15) is 9.59 Å². The molecule has 0 aromatic carbocycles. The Morgan fingerprint density at radius 1 is 0.724 bits per heavy atom. The molecule has 4 nitrogen and oxygen atoms in total. The van der Waals surface area contributed by atoms with E-state index in [2.05, 4.69) is 27.7 Å². The average molecular weight is 411 g/mol. The van der Waals surface area contributed by atoms with Crippen molar-refractivity contribution in [3.63, 3.8) is 0 Å². The first kappa shape index (κ1) is 26.0. The predicted molar refractivity (Wildman–Crippen MR) is 119 cm³/mol. The number of esters is 2. The second kappa shape index (κ2) is 15.7. The van der Waals surface area contributed by atoms with Gasteiger partial charge in [-0.15, -0.1) is 0 Å². The topological polar surface area (TPSA) is 52.6 Å². The van der Waals surface area contributed by atoms with Crippen LogP contribution in [-0.4, -0.2) is 25.2 Å². The Morgan fingerprint density at radius 2 is 1.24 bits per heavy atom. The van der Waals surface area contributed by atoms with Crippen molar-refractivity contribution in [2.45, 2.75) is 111 Å². The summed E-state index contributed by atoms with van der Waals surface area (Å²) in [5.41, 5.74) is 0. The summed E-state index contributed by atoms with van der Waals surface area (Å²) in [6.07, 6.45) is 14.1. The number of hydrogen-bond acceptors (Lipinski definition) is 4. The third-order valence-corrected chi connectivity index (χ3v) is 6.63. The summed E-state index contributed by atoms with van der Waals surface area (Å²) >= 11 is 0. The summed E-state index contributed by atoms with van der Waals surface area (Å²) in [5.74, 6) is -0.525. The summed E-state index contributed by atoms with van der Waals surface area (Å²) < 4.78 is 11.2. The van der Waals surface area contributed by atoms with E-state index in [1.54, 1.807) is 0 Å². The van der Waals surface area contributed by atoms with Gasteiger partial charge in [-0.1, -0.05) is 91.9 Å². The number of ether oxygens (including phenoxy) is 2. The summed E-state index contributed by atoms with van der Waals surface area (Å²) in [4.78, 5) is 25.8. The van der Waals surface area contributed by atoms with Crippen LogP contribution in [-0.2, 0) is 19.1 Å². The largest absolute Gasteiger partial charge is 0.465 e. The minimum absolute atomic E-state index is 0.146. The summed E-state index contributed by atoms with van der Waals surface area (Å²) in [7, 11) is 0. The van der Waals surface area contributed by atoms with Crippen LogP contribution < -0.4 is 0 Å². The van der Waals surface area contributed by atoms with Crippen LogP contribution in [0.5, 0.6) is 0 Å². The van der Waals surface area contributed by atoms with Crippen LogP contribution in [0.2, 0.25) is 0 Å². The molecular formula is C25H46O4. The van der Waals surface area contributed by atoms with Crippen molar-refractivity contribution in [3.05, 3.63) is 0 Å². The molecule has 1 fully saturated rings. The molecule has 1 aliphatic rings. The normalized spacial score (nSPS) is 24.7. The lowest BCUT2D eigenvalue weighted by molar-refractivity contribution is -0.163. The van der Waals surface area contributed by atoms with E-state index >= 15 is 0 Å². The van der Waals surface area contributed by atoms with Crippen LogP contribution in [0.25, 0.3) is 0 Å². The zero-order valence-electron chi connectivity index (χ0n) is 19.5. The van der Waals surface area contributed by atoms with Crippen molar-refractivity contribution in [1.29, 1.82) is 0 Å². The highest BCUT2D eigenvalue weighted by molar-refractivity contribution is 5.82. The fourth-order valence-corrected chi connectivity index (χ4v) is 4.43. The molecule has 0 saturated heterocycles. The quantitative estimate of drug-likeness (QED) is 0.182. The first-order chi connectivity index (χ1) is 14.0. The molecule has 4 unspecified atom stereocenters. The molecule has 0 aromatic heterocycles. The first-order valence-corrected chi connectivity index (χ1v) is 12.4. The van der Waals surface area contributed by atoms with Crippen molar-refractivity contribution in [1.82, 2.24) is 0 Å². The van der Waals surface area contributed by atoms with Gasteiger partial charge in [0.2, 0.25) is 0 Å². The highest BCUT2D eigenvalue weighted by Gasteiger charge is 2.42. The molecule has 0 heterocycles. The maximum Gasteiger partial charge on any atom is 0.310 e. The highest BCUT2D eigenvalue weighted by atomic mass is 16.5. The molecule has 0 amide bonds. The smallest absolute Gasteiger partial charge is 0.310 e. The molecule has 29 heavy (non-hydrogen) atoms. The Labute approximate surface area is 179 Å². The van der Waals surface area contributed by atoms with Gasteiger partial charge in [-0.2, -0.15) is 0 Å². The fourth-order valence-electron chi connectivity index (χ4n) is 4.43. The van der Waals surface area contributed by atoms with Crippen molar-refractivity contribution >= 4 is 11.9 Å². The van der Waals surface area contributed by atoms with Gasteiger partial charge in [0.15, 0.2) is 0 Å². The number of hydrogen-bond donors (Lipinski definition) is 0. The van der Waals surface area contributed by atoms with Crippen LogP contribution >= 0.6 is 0 Å². The van der Waals surface area contributed by atoms with E-state index in [1.165, 1.54) is 38.5 Å². The SMILES string of the molecule is CCCCCCCOC(=O)C1CCCC(C)C(C)C1C(=O)OCCCCCCC. The Balaban J connectivity index is 2.56. The highest BCUT2D eigenvalue weighted by Crippen LogP contribution is 2.38. The fraction of sp³-hybridized carbons (Fsp3) is 0.920. The lowest BCUT2D eigenvalue weighted by atomic mass is 9.77. The Bertz CT molecular complexity index is 448. The van der Waals surface area contributed by atoms with Crippen molar-refractivity contribution in [2.24, 2.45) is 23.7 Å². The lowest BCUT2D eigenvalue weighted by Crippen LogP contribution is -2.37. The zero-order valence-corrected chi connectivity index (χ0v) is 19.5. The molecule has 0 aromatic rings. The van der Waals surface area contributed by atoms with Gasteiger partial charge in [-0.3, -0.25) is 9.59 Å². The molecule has 1 saturated carbocycles. The molecule has 1 rings (SSSR count). The molecule has 0 aliphatic heterocycles. The first-order valence-electron chi connectivity index (χ1n) is 12.4. The molecule has 4 atom stereocenters. The molecule has 1 aliphatic carbocycles. The Morgan fingerprint density at radius 3 is 1.79 bits per heavy atom. The van der Waals surface area contributed by atoms with E-state index < -0.39 is 0 Å². The Kier molecular flexibility index (Phi) is 14.1. The summed E-state index contributed by atoms with van der Waals surface area (Å²) in [6.45, 7) is 9.63. The molecule has 0 radical (unpaired) electrons. The molecule has 0 N–H and O–H groups in total. The van der Waals surface area contributed by atoms with Gasteiger partial charge in [-0.25, -0.2) is 0 Å². The average Bonchev–Trinajstić information content (AvgIpc) is 2.85. The van der Waals surface area contributed by atoms with Gasteiger partial charge in [0.25, 0.3) is 0 Å². The molecule has 170 valence electrons. The van der Waals surface area contributed by atoms with Gasteiger partial charge in [0, 0.05) is 0 Å². The molecule has 0 spiro atoms. The monoisotopic (exact) mass is 410 g/mol. The van der Waals surface area contributed by atoms with Crippen LogP contribution in [0.1, 0.15) is 111 Å². The number of carbonyl (C=O) groups excluding carboxylic acids is 2. The predicted octanol–water partition coefficient (Wildman–Crippen LogP) is 6.70. The zero-order chi connectivity index (χ0) is 21.5. The lowest BCUT2D eigenvalue weighted by Gasteiger charge is -2.29. The van der Waals surface area contributed by atoms with Gasteiger partial charge in [0.05, 0.1) is 25.0 Å². The van der Waals surface area contributed by atoms with Gasteiger partial charge in [0.1, 0.15) is 0 Å². The van der Waals surface area contributed by atoms with E-state index in [-0.39, 0.29) is 29.7 Å². The van der Waals surface area contributed by atoms with Crippen LogP contribution in [0.4, 0.5) is 0 Å². The van der Waals surface area contributed by atoms with Crippen molar-refractivity contribution < 1.29 is 19.1 Å². The van der Waals surface area contributed by atoms with Gasteiger partial charge < -0.3 is 9.47 Å². The summed E-state index contributed by atoms with van der Waals surface area (Å²) in [6, 6.07) is 0. The maximum absolute atomic E-state index is 12.9. The van der Waals surface area contributed by atoms with E-state index in [0.717, 1.165) is 44.9 Å². The molecule has 0 bridgehead atoms. The minimum Gasteiger partial charge on any atom is -0.465 e. The van der Waals surface area contributed by atoms with E-state index in [1.807, 2.05) is 0 Å². The van der Waals surface area contributed by atoms with Crippen LogP contribution in [0.3, 0.4) is 0 Å². The van der Waals surface area contributed by atoms with E-state index in [4.69, 9.17) is 9.47 Å². The maximum atomic E-state index is 12.9. The standard InChI is InChI=1S/C25H46O4/c1-5-7-9-11-13-18-28-24(26)22-17-15-16-20(3)21(4)23(22)25(27)29-19-14-12-10-8-6-2/h20-23H,5-19H2,1-4H3. The Hall–Kier alpha value is -1.06. The molecular weight excluding hydrogens is 364 g/mol. The van der Waals surface area contributed by atoms with Crippen LogP contribution in [0, 0.1) is 23.7 Å². The van der Waals surface area contributed by atoms with Crippen molar-refractivity contribution in [3.8, 4) is 0 Å². The third-order valence-electron chi connectivity index (χ3n) is 6.63. The molecule has 4 heteroatoms. The summed E-state index contributed by atoms with van der Waals surface area (Å²) in [5, 5.41) is 0. The number of carbonyl (C=O) groups is 2. The van der Waals surface area contributed by atoms with E-state index in [0.29, 0.717) is 19.1 Å².